The number of rotatable bonds is 3. The number of halogens is 1. The summed E-state index contributed by atoms with van der Waals surface area (Å²) in [5.74, 6) is -0.448. The van der Waals surface area contributed by atoms with Crippen molar-refractivity contribution >= 4 is 21.0 Å². The van der Waals surface area contributed by atoms with Crippen molar-refractivity contribution < 1.29 is 17.0 Å². The van der Waals surface area contributed by atoms with Crippen molar-refractivity contribution in [1.82, 2.24) is 4.57 Å². The van der Waals surface area contributed by atoms with E-state index in [0.29, 0.717) is 16.5 Å². The van der Waals surface area contributed by atoms with Gasteiger partial charge >= 0.3 is 0 Å². The molecule has 1 aliphatic rings. The molecule has 0 unspecified atom stereocenters. The van der Waals surface area contributed by atoms with E-state index in [4.69, 9.17) is 9.92 Å². The van der Waals surface area contributed by atoms with Gasteiger partial charge in [-0.3, -0.25) is 4.79 Å². The molecule has 0 amide bonds. The van der Waals surface area contributed by atoms with Gasteiger partial charge in [0.05, 0.1) is 17.8 Å². The van der Waals surface area contributed by atoms with E-state index in [9.17, 15) is 17.6 Å². The molecule has 1 aromatic heterocycles. The van der Waals surface area contributed by atoms with E-state index in [-0.39, 0.29) is 12.0 Å². The molecule has 0 saturated carbocycles. The minimum Gasteiger partial charge on any atom is -0.303 e. The molecule has 0 saturated heterocycles. The number of hydrogen-bond donors (Lipinski definition) is 1. The van der Waals surface area contributed by atoms with Crippen LogP contribution in [-0.4, -0.2) is 25.5 Å². The highest BCUT2D eigenvalue weighted by molar-refractivity contribution is 7.86. The lowest BCUT2D eigenvalue weighted by Gasteiger charge is -2.20. The summed E-state index contributed by atoms with van der Waals surface area (Å²) in [4.78, 5) is 12.1. The van der Waals surface area contributed by atoms with Crippen molar-refractivity contribution in [1.29, 1.82) is 0 Å². The van der Waals surface area contributed by atoms with Gasteiger partial charge < -0.3 is 10.3 Å². The molecular formula is C13H13FN2O4S. The second-order valence-corrected chi connectivity index (χ2v) is 6.64. The first-order chi connectivity index (χ1) is 9.78. The second-order valence-electron chi connectivity index (χ2n) is 5.04. The maximum Gasteiger partial charge on any atom is 0.265 e. The summed E-state index contributed by atoms with van der Waals surface area (Å²) in [7, 11) is -3.77. The van der Waals surface area contributed by atoms with Crippen LogP contribution in [0.3, 0.4) is 0 Å². The lowest BCUT2D eigenvalue weighted by atomic mass is 10.1. The van der Waals surface area contributed by atoms with Crippen molar-refractivity contribution in [2.75, 3.05) is 6.26 Å². The molecule has 3 rings (SSSR count). The van der Waals surface area contributed by atoms with Crippen LogP contribution >= 0.6 is 0 Å². The molecule has 2 atom stereocenters. The van der Waals surface area contributed by atoms with Gasteiger partial charge in [0.15, 0.2) is 0 Å². The molecule has 1 aromatic carbocycles. The fourth-order valence-corrected chi connectivity index (χ4v) is 3.29. The molecule has 21 heavy (non-hydrogen) atoms. The fraction of sp³-hybridized carbons (Fsp3) is 0.308. The zero-order valence-corrected chi connectivity index (χ0v) is 11.9. The van der Waals surface area contributed by atoms with Gasteiger partial charge in [-0.2, -0.15) is 8.42 Å². The van der Waals surface area contributed by atoms with Crippen LogP contribution in [0.2, 0.25) is 0 Å². The third-order valence-corrected chi connectivity index (χ3v) is 4.12. The topological polar surface area (TPSA) is 91.4 Å². The first-order valence-electron chi connectivity index (χ1n) is 6.24. The molecular weight excluding hydrogens is 299 g/mol. The Morgan fingerprint density at radius 3 is 2.71 bits per heavy atom. The monoisotopic (exact) mass is 312 g/mol. The number of hydrogen-bond acceptors (Lipinski definition) is 5. The molecule has 2 N–H and O–H groups in total. The Balaban J connectivity index is 2.18. The Labute approximate surface area is 120 Å². The van der Waals surface area contributed by atoms with E-state index >= 15 is 0 Å². The van der Waals surface area contributed by atoms with Gasteiger partial charge in [0, 0.05) is 18.1 Å². The lowest BCUT2D eigenvalue weighted by molar-refractivity contribution is 0.156. The van der Waals surface area contributed by atoms with Crippen LogP contribution in [-0.2, 0) is 20.7 Å². The van der Waals surface area contributed by atoms with Crippen LogP contribution in [0, 0.1) is 5.82 Å². The van der Waals surface area contributed by atoms with Gasteiger partial charge in [0.1, 0.15) is 12.0 Å². The molecule has 0 bridgehead atoms. The van der Waals surface area contributed by atoms with E-state index < -0.39 is 28.2 Å². The van der Waals surface area contributed by atoms with Gasteiger partial charge in [-0.25, -0.2) is 8.57 Å². The van der Waals surface area contributed by atoms with Crippen LogP contribution in [0.4, 0.5) is 4.39 Å². The molecule has 0 aliphatic carbocycles. The molecule has 2 aromatic rings. The minimum absolute atomic E-state index is 0.110. The third kappa shape index (κ3) is 2.35. The van der Waals surface area contributed by atoms with Crippen molar-refractivity contribution in [3.63, 3.8) is 0 Å². The number of benzene rings is 1. The molecule has 1 aliphatic heterocycles. The van der Waals surface area contributed by atoms with E-state index in [1.165, 1.54) is 16.7 Å². The number of nitrogens with two attached hydrogens (primary N) is 1. The average Bonchev–Trinajstić information content (AvgIpc) is 2.77. The summed E-state index contributed by atoms with van der Waals surface area (Å²) in [6.07, 6.45) is -0.270. The quantitative estimate of drug-likeness (QED) is 0.658. The van der Waals surface area contributed by atoms with Crippen LogP contribution < -0.4 is 11.3 Å². The Kier molecular flexibility index (Phi) is 3.12. The highest BCUT2D eigenvalue weighted by atomic mass is 32.2. The normalized spacial score (nSPS) is 19.1. The molecule has 2 heterocycles. The standard InChI is InChI=1S/C13H13FN2O4S/c1-21(18,19)20-13(15)10-6-8-9(14)4-2-7-3-5-11(17)16(10)12(7)8/h2-5,10,13H,6,15H2,1H3/t10-,13-/m1/s1. The van der Waals surface area contributed by atoms with Crippen molar-refractivity contribution in [2.24, 2.45) is 5.73 Å². The number of pyridine rings is 1. The molecule has 0 fully saturated rings. The average molecular weight is 312 g/mol. The van der Waals surface area contributed by atoms with Crippen LogP contribution in [0.25, 0.3) is 10.9 Å². The van der Waals surface area contributed by atoms with Gasteiger partial charge in [0.2, 0.25) is 0 Å². The van der Waals surface area contributed by atoms with Crippen molar-refractivity contribution in [2.45, 2.75) is 18.7 Å². The van der Waals surface area contributed by atoms with E-state index in [1.54, 1.807) is 12.1 Å². The molecule has 112 valence electrons. The van der Waals surface area contributed by atoms with Crippen LogP contribution in [0.5, 0.6) is 0 Å². The molecule has 8 heteroatoms. The summed E-state index contributed by atoms with van der Waals surface area (Å²) in [5, 5.41) is 0.694. The van der Waals surface area contributed by atoms with E-state index in [2.05, 4.69) is 0 Å². The van der Waals surface area contributed by atoms with Crippen LogP contribution in [0.15, 0.2) is 29.1 Å². The SMILES string of the molecule is CS(=O)(=O)O[C@@H](N)[C@H]1Cc2c(F)ccc3ccc(=O)n1c23. The molecule has 0 spiro atoms. The Hall–Kier alpha value is -1.77. The van der Waals surface area contributed by atoms with Crippen molar-refractivity contribution in [3.8, 4) is 0 Å². The zero-order chi connectivity index (χ0) is 15.4. The summed E-state index contributed by atoms with van der Waals surface area (Å²) in [6, 6.07) is 5.06. The first kappa shape index (κ1) is 14.2. The summed E-state index contributed by atoms with van der Waals surface area (Å²) >= 11 is 0. The zero-order valence-electron chi connectivity index (χ0n) is 11.1. The Bertz CT molecular complexity index is 891. The lowest BCUT2D eigenvalue weighted by Crippen LogP contribution is -2.39. The van der Waals surface area contributed by atoms with E-state index in [1.807, 2.05) is 0 Å². The van der Waals surface area contributed by atoms with Gasteiger partial charge in [-0.15, -0.1) is 0 Å². The smallest absolute Gasteiger partial charge is 0.265 e. The van der Waals surface area contributed by atoms with Gasteiger partial charge in [-0.05, 0) is 23.6 Å². The van der Waals surface area contributed by atoms with Gasteiger partial charge in [0.25, 0.3) is 15.7 Å². The van der Waals surface area contributed by atoms with Gasteiger partial charge in [-0.1, -0.05) is 0 Å². The predicted octanol–water partition coefficient (Wildman–Crippen LogP) is 0.499. The highest BCUT2D eigenvalue weighted by Crippen LogP contribution is 2.34. The minimum atomic E-state index is -3.77. The van der Waals surface area contributed by atoms with Crippen LogP contribution in [0.1, 0.15) is 11.6 Å². The molecule has 6 nitrogen and oxygen atoms in total. The summed E-state index contributed by atoms with van der Waals surface area (Å²) < 4.78 is 42.4. The maximum absolute atomic E-state index is 13.9. The fourth-order valence-electron chi connectivity index (χ4n) is 2.75. The summed E-state index contributed by atoms with van der Waals surface area (Å²) in [5.41, 5.74) is 6.18. The number of nitrogens with zero attached hydrogens (tertiary/aromatic N) is 1. The maximum atomic E-state index is 13.9. The third-order valence-electron chi connectivity index (χ3n) is 3.55. The van der Waals surface area contributed by atoms with E-state index in [0.717, 1.165) is 6.26 Å². The number of aromatic nitrogens is 1. The van der Waals surface area contributed by atoms with Crippen molar-refractivity contribution in [3.05, 3.63) is 46.0 Å². The largest absolute Gasteiger partial charge is 0.303 e. The second kappa shape index (κ2) is 4.62. The Morgan fingerprint density at radius 2 is 2.05 bits per heavy atom. The molecule has 0 radical (unpaired) electrons. The summed E-state index contributed by atoms with van der Waals surface area (Å²) in [6.45, 7) is 0. The highest BCUT2D eigenvalue weighted by Gasteiger charge is 2.33. The Morgan fingerprint density at radius 1 is 1.38 bits per heavy atom. The first-order valence-corrected chi connectivity index (χ1v) is 8.06. The predicted molar refractivity (Wildman–Crippen MR) is 74.8 cm³/mol.